The second kappa shape index (κ2) is 13.2. The van der Waals surface area contributed by atoms with Gasteiger partial charge in [0.15, 0.2) is 0 Å². The highest BCUT2D eigenvalue weighted by Crippen LogP contribution is 2.33. The van der Waals surface area contributed by atoms with Gasteiger partial charge in [0.25, 0.3) is 0 Å². The van der Waals surface area contributed by atoms with Crippen LogP contribution in [-0.4, -0.2) is 99.2 Å². The van der Waals surface area contributed by atoms with Crippen LogP contribution in [0.3, 0.4) is 0 Å². The summed E-state index contributed by atoms with van der Waals surface area (Å²) in [6.07, 6.45) is 6.41. The molecule has 0 saturated carbocycles. The molecule has 0 radical (unpaired) electrons. The van der Waals surface area contributed by atoms with Crippen LogP contribution in [-0.2, 0) is 4.74 Å². The lowest BCUT2D eigenvalue weighted by molar-refractivity contribution is 0.0394. The van der Waals surface area contributed by atoms with Crippen molar-refractivity contribution in [3.05, 3.63) is 42.4 Å². The van der Waals surface area contributed by atoms with Gasteiger partial charge in [-0.05, 0) is 65.8 Å². The maximum absolute atomic E-state index is 13.0. The van der Waals surface area contributed by atoms with E-state index in [1.165, 1.54) is 0 Å². The molecule has 1 unspecified atom stereocenters. The molecular formula is C32H44N8O3S. The lowest BCUT2D eigenvalue weighted by atomic mass is 9.86. The van der Waals surface area contributed by atoms with Gasteiger partial charge in [0, 0.05) is 61.8 Å². The van der Waals surface area contributed by atoms with Crippen LogP contribution in [0.25, 0.3) is 16.6 Å². The van der Waals surface area contributed by atoms with Crippen molar-refractivity contribution < 1.29 is 14.3 Å². The standard InChI is InChI=1S/C32H44N8O3S/c1-7-42-26-16-27(29-25(17-33)19-35-40(29)21-26)24-8-9-28(34-18-24)39-12-10-32(11-13-39,36-30(41)43-31(3,4)5)22-38-15-14-37(6)44-23(2)20-38/h8-9,16,18-19,21,23H,7,10-15,20,22H2,1-6H3,(H,36,41). The number of alkyl carbamates (subject to hydrolysis) is 1. The van der Waals surface area contributed by atoms with Crippen LogP contribution < -0.4 is 15.0 Å². The molecule has 11 nitrogen and oxygen atoms in total. The molecule has 1 N–H and O–H groups in total. The highest BCUT2D eigenvalue weighted by Gasteiger charge is 2.39. The van der Waals surface area contributed by atoms with Crippen LogP contribution >= 0.6 is 11.9 Å². The molecule has 0 aliphatic carbocycles. The molecule has 3 aromatic heterocycles. The number of carbonyl (C=O) groups excluding carboxylic acids is 1. The first-order chi connectivity index (χ1) is 21.0. The minimum atomic E-state index is -0.563. The van der Waals surface area contributed by atoms with Crippen molar-refractivity contribution in [3.63, 3.8) is 0 Å². The zero-order chi connectivity index (χ0) is 31.5. The predicted octanol–water partition coefficient (Wildman–Crippen LogP) is 4.81. The molecule has 0 bridgehead atoms. The molecule has 2 saturated heterocycles. The fourth-order valence-corrected chi connectivity index (χ4v) is 7.16. The smallest absolute Gasteiger partial charge is 0.408 e. The fraction of sp³-hybridized carbons (Fsp3) is 0.562. The maximum Gasteiger partial charge on any atom is 0.408 e. The van der Waals surface area contributed by atoms with Gasteiger partial charge in [-0.2, -0.15) is 10.4 Å². The number of amides is 1. The molecule has 5 rings (SSSR count). The highest BCUT2D eigenvalue weighted by molar-refractivity contribution is 7.97. The Morgan fingerprint density at radius 2 is 1.98 bits per heavy atom. The Bertz CT molecular complexity index is 1490. The lowest BCUT2D eigenvalue weighted by Gasteiger charge is -2.45. The molecule has 12 heteroatoms. The van der Waals surface area contributed by atoms with Gasteiger partial charge in [-0.25, -0.2) is 14.3 Å². The molecule has 2 aliphatic rings. The Morgan fingerprint density at radius 1 is 1.20 bits per heavy atom. The maximum atomic E-state index is 13.0. The van der Waals surface area contributed by atoms with Gasteiger partial charge < -0.3 is 19.7 Å². The summed E-state index contributed by atoms with van der Waals surface area (Å²) < 4.78 is 15.5. The zero-order valence-corrected chi connectivity index (χ0v) is 27.5. The summed E-state index contributed by atoms with van der Waals surface area (Å²) in [4.78, 5) is 22.7. The third kappa shape index (κ3) is 7.57. The van der Waals surface area contributed by atoms with E-state index in [0.717, 1.165) is 74.6 Å². The summed E-state index contributed by atoms with van der Waals surface area (Å²) in [5.74, 6) is 1.56. The molecule has 2 aliphatic heterocycles. The molecule has 1 amide bonds. The predicted molar refractivity (Wildman–Crippen MR) is 174 cm³/mol. The molecule has 5 heterocycles. The van der Waals surface area contributed by atoms with Crippen LogP contribution in [0.2, 0.25) is 0 Å². The monoisotopic (exact) mass is 620 g/mol. The Balaban J connectivity index is 1.34. The van der Waals surface area contributed by atoms with E-state index < -0.39 is 11.1 Å². The second-order valence-electron chi connectivity index (χ2n) is 12.8. The van der Waals surface area contributed by atoms with Crippen LogP contribution in [0.1, 0.15) is 53.0 Å². The average Bonchev–Trinajstić information content (AvgIpc) is 3.31. The van der Waals surface area contributed by atoms with Crippen LogP contribution in [0.15, 0.2) is 36.8 Å². The number of nitrogens with zero attached hydrogens (tertiary/aromatic N) is 7. The molecule has 0 aromatic carbocycles. The minimum Gasteiger partial charge on any atom is -0.492 e. The van der Waals surface area contributed by atoms with Gasteiger partial charge >= 0.3 is 6.09 Å². The number of rotatable bonds is 7. The molecule has 2 fully saturated rings. The third-order valence-electron chi connectivity index (χ3n) is 8.02. The summed E-state index contributed by atoms with van der Waals surface area (Å²) in [5, 5.41) is 17.8. The van der Waals surface area contributed by atoms with Crippen LogP contribution in [0.4, 0.5) is 10.6 Å². The van der Waals surface area contributed by atoms with E-state index >= 15 is 0 Å². The molecule has 236 valence electrons. The van der Waals surface area contributed by atoms with Gasteiger partial charge in [0.2, 0.25) is 0 Å². The number of piperidine rings is 1. The van der Waals surface area contributed by atoms with Crippen molar-refractivity contribution in [3.8, 4) is 22.9 Å². The van der Waals surface area contributed by atoms with Crippen LogP contribution in [0, 0.1) is 11.3 Å². The Kier molecular flexibility index (Phi) is 9.58. The van der Waals surface area contributed by atoms with E-state index in [4.69, 9.17) is 14.5 Å². The number of ether oxygens (including phenoxy) is 2. The van der Waals surface area contributed by atoms with E-state index in [1.807, 2.05) is 64.0 Å². The number of pyridine rings is 2. The number of hydrogen-bond acceptors (Lipinski definition) is 10. The van der Waals surface area contributed by atoms with Gasteiger partial charge in [-0.3, -0.25) is 9.21 Å². The van der Waals surface area contributed by atoms with Gasteiger partial charge in [0.05, 0.1) is 35.6 Å². The molecular weight excluding hydrogens is 576 g/mol. The van der Waals surface area contributed by atoms with E-state index in [0.29, 0.717) is 23.2 Å². The quantitative estimate of drug-likeness (QED) is 0.369. The first kappa shape index (κ1) is 31.9. The second-order valence-corrected chi connectivity index (χ2v) is 14.4. The molecule has 0 spiro atoms. The number of carbonyl (C=O) groups is 1. The summed E-state index contributed by atoms with van der Waals surface area (Å²) >= 11 is 1.89. The van der Waals surface area contributed by atoms with Crippen molar-refractivity contribution in [2.45, 2.75) is 63.9 Å². The zero-order valence-electron chi connectivity index (χ0n) is 26.7. The SMILES string of the molecule is CCOc1cc(-c2ccc(N3CCC(CN4CCN(C)SC(C)C4)(NC(=O)OC(C)(C)C)CC3)nc2)c2c(C#N)cnn2c1. The number of fused-ring (bicyclic) bond motifs is 1. The summed E-state index contributed by atoms with van der Waals surface area (Å²) in [7, 11) is 2.15. The van der Waals surface area contributed by atoms with Crippen molar-refractivity contribution in [2.75, 3.05) is 57.8 Å². The van der Waals surface area contributed by atoms with E-state index in [1.54, 1.807) is 16.9 Å². The molecule has 1 atom stereocenters. The number of likely N-dealkylation sites (N-methyl/N-ethyl adjacent to an activating group) is 1. The highest BCUT2D eigenvalue weighted by atomic mass is 32.2. The number of aromatic nitrogens is 3. The Morgan fingerprint density at radius 3 is 2.64 bits per heavy atom. The topological polar surface area (TPSA) is 111 Å². The third-order valence-corrected chi connectivity index (χ3v) is 9.07. The van der Waals surface area contributed by atoms with Crippen molar-refractivity contribution in [1.82, 2.24) is 29.1 Å². The summed E-state index contributed by atoms with van der Waals surface area (Å²) in [6, 6.07) is 8.25. The summed E-state index contributed by atoms with van der Waals surface area (Å²) in [6.45, 7) is 15.6. The van der Waals surface area contributed by atoms with E-state index in [9.17, 15) is 10.1 Å². The molecule has 3 aromatic rings. The number of nitrogens with one attached hydrogen (secondary N) is 1. The first-order valence-corrected chi connectivity index (χ1v) is 16.2. The van der Waals surface area contributed by atoms with Crippen LogP contribution in [0.5, 0.6) is 5.75 Å². The first-order valence-electron chi connectivity index (χ1n) is 15.3. The van der Waals surface area contributed by atoms with Crippen molar-refractivity contribution >= 4 is 29.4 Å². The number of anilines is 1. The van der Waals surface area contributed by atoms with Gasteiger partial charge in [0.1, 0.15) is 23.2 Å². The Hall–Kier alpha value is -3.53. The Labute approximate surface area is 264 Å². The largest absolute Gasteiger partial charge is 0.492 e. The average molecular weight is 621 g/mol. The van der Waals surface area contributed by atoms with Crippen molar-refractivity contribution in [2.24, 2.45) is 0 Å². The normalized spacial score (nSPS) is 19.8. The lowest BCUT2D eigenvalue weighted by Crippen LogP contribution is -2.61. The fourth-order valence-electron chi connectivity index (χ4n) is 6.09. The minimum absolute atomic E-state index is 0.361. The van der Waals surface area contributed by atoms with Gasteiger partial charge in [-0.15, -0.1) is 0 Å². The van der Waals surface area contributed by atoms with E-state index in [2.05, 4.69) is 44.6 Å². The van der Waals surface area contributed by atoms with Crippen molar-refractivity contribution in [1.29, 1.82) is 5.26 Å². The number of hydrogen-bond donors (Lipinski definition) is 1. The molecule has 44 heavy (non-hydrogen) atoms. The van der Waals surface area contributed by atoms with E-state index in [-0.39, 0.29) is 6.09 Å². The number of nitriles is 1. The van der Waals surface area contributed by atoms with Gasteiger partial charge in [-0.1, -0.05) is 18.9 Å². The summed E-state index contributed by atoms with van der Waals surface area (Å²) in [5.41, 5.74) is 2.00.